The summed E-state index contributed by atoms with van der Waals surface area (Å²) in [6.07, 6.45) is 10.5. The van der Waals surface area contributed by atoms with Crippen molar-refractivity contribution in [1.82, 2.24) is 19.9 Å². The zero-order valence-electron chi connectivity index (χ0n) is 12.1. The number of amides is 1. The molecule has 0 aromatic carbocycles. The summed E-state index contributed by atoms with van der Waals surface area (Å²) < 4.78 is 1.84. The molecule has 5 rings (SSSR count). The average Bonchev–Trinajstić information content (AvgIpc) is 2.96. The first-order valence-corrected chi connectivity index (χ1v) is 8.15. The maximum atomic E-state index is 12.6. The van der Waals surface area contributed by atoms with Crippen molar-refractivity contribution in [2.24, 2.45) is 29.6 Å². The molecule has 2 unspecified atom stereocenters. The molecule has 3 fully saturated rings. The smallest absolute Gasteiger partial charge is 0.276 e. The van der Waals surface area contributed by atoms with Crippen LogP contribution < -0.4 is 0 Å². The van der Waals surface area contributed by atoms with Gasteiger partial charge in [0.1, 0.15) is 0 Å². The Bertz CT molecular complexity index is 598. The van der Waals surface area contributed by atoms with Crippen molar-refractivity contribution in [2.45, 2.75) is 25.8 Å². The van der Waals surface area contributed by atoms with Crippen LogP contribution in [0.15, 0.2) is 18.3 Å². The molecule has 1 saturated heterocycles. The molecule has 5 heteroatoms. The van der Waals surface area contributed by atoms with Crippen LogP contribution >= 0.6 is 0 Å². The molecule has 110 valence electrons. The zero-order valence-corrected chi connectivity index (χ0v) is 12.1. The van der Waals surface area contributed by atoms with Gasteiger partial charge in [-0.1, -0.05) is 17.4 Å². The molecule has 0 radical (unpaired) electrons. The van der Waals surface area contributed by atoms with Gasteiger partial charge in [-0.05, 0) is 48.9 Å². The molecular formula is C16H20N4O. The van der Waals surface area contributed by atoms with Crippen molar-refractivity contribution in [2.75, 3.05) is 13.1 Å². The molecule has 4 aliphatic rings. The van der Waals surface area contributed by atoms with E-state index in [0.717, 1.165) is 25.6 Å². The minimum atomic E-state index is 0.0749. The van der Waals surface area contributed by atoms with Crippen LogP contribution in [0.5, 0.6) is 0 Å². The number of nitrogens with zero attached hydrogens (tertiary/aromatic N) is 4. The Labute approximate surface area is 124 Å². The Balaban J connectivity index is 1.30. The van der Waals surface area contributed by atoms with Crippen molar-refractivity contribution in [3.8, 4) is 0 Å². The molecule has 1 aromatic heterocycles. The zero-order chi connectivity index (χ0) is 14.0. The summed E-state index contributed by atoms with van der Waals surface area (Å²) in [6.45, 7) is 2.73. The van der Waals surface area contributed by atoms with Gasteiger partial charge in [0.05, 0.1) is 6.20 Å². The summed E-state index contributed by atoms with van der Waals surface area (Å²) in [5, 5.41) is 8.21. The topological polar surface area (TPSA) is 51.0 Å². The maximum Gasteiger partial charge on any atom is 0.276 e. The van der Waals surface area contributed by atoms with Crippen LogP contribution in [0, 0.1) is 29.6 Å². The lowest BCUT2D eigenvalue weighted by molar-refractivity contribution is 0.0771. The molecule has 1 amide bonds. The van der Waals surface area contributed by atoms with Gasteiger partial charge in [-0.2, -0.15) is 0 Å². The third kappa shape index (κ3) is 1.86. The van der Waals surface area contributed by atoms with Gasteiger partial charge < -0.3 is 4.90 Å². The summed E-state index contributed by atoms with van der Waals surface area (Å²) in [4.78, 5) is 14.6. The second kappa shape index (κ2) is 4.18. The lowest BCUT2D eigenvalue weighted by atomic mass is 9.86. The average molecular weight is 284 g/mol. The largest absolute Gasteiger partial charge is 0.337 e. The summed E-state index contributed by atoms with van der Waals surface area (Å²) in [5.74, 6) is 3.62. The quantitative estimate of drug-likeness (QED) is 0.792. The number of rotatable bonds is 3. The van der Waals surface area contributed by atoms with Crippen LogP contribution in [-0.2, 0) is 6.54 Å². The SMILES string of the molecule is O=C(c1cn(CC2CC2)nn1)N1C[C@@H]2C3C=CC(C3)[C@@H]2C1. The Morgan fingerprint density at radius 1 is 1.19 bits per heavy atom. The monoisotopic (exact) mass is 284 g/mol. The predicted molar refractivity (Wildman–Crippen MR) is 76.4 cm³/mol. The van der Waals surface area contributed by atoms with Crippen LogP contribution in [0.3, 0.4) is 0 Å². The number of carbonyl (C=O) groups excluding carboxylic acids is 1. The van der Waals surface area contributed by atoms with E-state index >= 15 is 0 Å². The molecule has 1 aromatic rings. The molecule has 0 N–H and O–H groups in total. The van der Waals surface area contributed by atoms with Gasteiger partial charge >= 0.3 is 0 Å². The van der Waals surface area contributed by atoms with Gasteiger partial charge in [0.15, 0.2) is 5.69 Å². The van der Waals surface area contributed by atoms with Gasteiger partial charge in [-0.25, -0.2) is 0 Å². The minimum Gasteiger partial charge on any atom is -0.337 e. The first-order chi connectivity index (χ1) is 10.3. The Morgan fingerprint density at radius 3 is 2.57 bits per heavy atom. The lowest BCUT2D eigenvalue weighted by Gasteiger charge is -2.17. The number of hydrogen-bond acceptors (Lipinski definition) is 3. The summed E-state index contributed by atoms with van der Waals surface area (Å²) >= 11 is 0. The first-order valence-electron chi connectivity index (χ1n) is 8.15. The van der Waals surface area contributed by atoms with E-state index in [0.29, 0.717) is 29.4 Å². The minimum absolute atomic E-state index is 0.0749. The first kappa shape index (κ1) is 12.0. The van der Waals surface area contributed by atoms with Crippen molar-refractivity contribution in [3.63, 3.8) is 0 Å². The number of allylic oxidation sites excluding steroid dienone is 2. The molecule has 5 nitrogen and oxygen atoms in total. The van der Waals surface area contributed by atoms with Crippen molar-refractivity contribution in [3.05, 3.63) is 24.0 Å². The fourth-order valence-electron chi connectivity index (χ4n) is 4.53. The summed E-state index contributed by atoms with van der Waals surface area (Å²) in [5.41, 5.74) is 0.524. The molecule has 3 aliphatic carbocycles. The van der Waals surface area contributed by atoms with Crippen LogP contribution in [0.4, 0.5) is 0 Å². The highest BCUT2D eigenvalue weighted by Gasteiger charge is 2.50. The third-order valence-electron chi connectivity index (χ3n) is 5.85. The van der Waals surface area contributed by atoms with E-state index in [-0.39, 0.29) is 5.91 Å². The maximum absolute atomic E-state index is 12.6. The molecule has 21 heavy (non-hydrogen) atoms. The highest BCUT2D eigenvalue weighted by Crippen LogP contribution is 2.51. The van der Waals surface area contributed by atoms with Crippen LogP contribution in [0.1, 0.15) is 29.8 Å². The summed E-state index contributed by atoms with van der Waals surface area (Å²) in [7, 11) is 0. The van der Waals surface area contributed by atoms with Gasteiger partial charge in [0.25, 0.3) is 5.91 Å². The van der Waals surface area contributed by atoms with Gasteiger partial charge in [0, 0.05) is 19.6 Å². The molecule has 2 saturated carbocycles. The fourth-order valence-corrected chi connectivity index (χ4v) is 4.53. The van der Waals surface area contributed by atoms with Crippen molar-refractivity contribution < 1.29 is 4.79 Å². The third-order valence-corrected chi connectivity index (χ3v) is 5.85. The molecule has 2 bridgehead atoms. The van der Waals surface area contributed by atoms with E-state index in [9.17, 15) is 4.79 Å². The molecule has 2 heterocycles. The van der Waals surface area contributed by atoms with E-state index in [4.69, 9.17) is 0 Å². The second-order valence-corrected chi connectivity index (χ2v) is 7.26. The van der Waals surface area contributed by atoms with Gasteiger partial charge in [0.2, 0.25) is 0 Å². The standard InChI is InChI=1S/C16H20N4O/c21-16(15-9-20(18-17-15)6-10-1-2-10)19-7-13-11-3-4-12(5-11)14(13)8-19/h3-4,9-14H,1-2,5-8H2/t11?,12?,13-,14+. The van der Waals surface area contributed by atoms with Crippen molar-refractivity contribution >= 4 is 5.91 Å². The molecular weight excluding hydrogens is 264 g/mol. The van der Waals surface area contributed by atoms with E-state index in [2.05, 4.69) is 22.5 Å². The van der Waals surface area contributed by atoms with Crippen molar-refractivity contribution in [1.29, 1.82) is 0 Å². The number of hydrogen-bond donors (Lipinski definition) is 0. The van der Waals surface area contributed by atoms with Crippen LogP contribution in [-0.4, -0.2) is 38.9 Å². The van der Waals surface area contributed by atoms with E-state index in [1.165, 1.54) is 19.3 Å². The number of fused-ring (bicyclic) bond motifs is 5. The number of aromatic nitrogens is 3. The lowest BCUT2D eigenvalue weighted by Crippen LogP contribution is -2.30. The molecule has 1 aliphatic heterocycles. The normalized spacial score (nSPS) is 36.5. The van der Waals surface area contributed by atoms with Crippen LogP contribution in [0.2, 0.25) is 0 Å². The van der Waals surface area contributed by atoms with E-state index < -0.39 is 0 Å². The number of carbonyl (C=O) groups is 1. The Hall–Kier alpha value is -1.65. The van der Waals surface area contributed by atoms with E-state index in [1.54, 1.807) is 0 Å². The predicted octanol–water partition coefficient (Wildman–Crippen LogP) is 1.58. The molecule has 4 atom stereocenters. The van der Waals surface area contributed by atoms with Gasteiger partial charge in [-0.15, -0.1) is 5.10 Å². The van der Waals surface area contributed by atoms with Gasteiger partial charge in [-0.3, -0.25) is 9.48 Å². The number of likely N-dealkylation sites (tertiary alicyclic amines) is 1. The second-order valence-electron chi connectivity index (χ2n) is 7.26. The highest BCUT2D eigenvalue weighted by atomic mass is 16.2. The molecule has 0 spiro atoms. The summed E-state index contributed by atoms with van der Waals surface area (Å²) in [6, 6.07) is 0. The highest BCUT2D eigenvalue weighted by molar-refractivity contribution is 5.92. The van der Waals surface area contributed by atoms with E-state index in [1.807, 2.05) is 15.8 Å². The fraction of sp³-hybridized carbons (Fsp3) is 0.688. The Morgan fingerprint density at radius 2 is 1.90 bits per heavy atom. The van der Waals surface area contributed by atoms with Crippen LogP contribution in [0.25, 0.3) is 0 Å². The Kier molecular flexibility index (Phi) is 2.38.